The van der Waals surface area contributed by atoms with Crippen molar-refractivity contribution in [3.05, 3.63) is 11.1 Å². The maximum absolute atomic E-state index is 4.86. The fraction of sp³-hybridized carbons (Fsp3) is 0.812. The standard InChI is InChI=1S/C16H29N3S/c1-5-9-17-13(4)14-11-20-15(18-14)19-10-8-16(6-2,7-3)12-19/h11,13,17H,5-10,12H2,1-4H3. The third-order valence-electron chi connectivity index (χ3n) is 4.86. The maximum Gasteiger partial charge on any atom is 0.185 e. The molecule has 1 aromatic heterocycles. The molecule has 0 spiro atoms. The van der Waals surface area contributed by atoms with Gasteiger partial charge in [-0.25, -0.2) is 4.98 Å². The van der Waals surface area contributed by atoms with Crippen molar-refractivity contribution in [2.24, 2.45) is 5.41 Å². The SMILES string of the molecule is CCCNC(C)c1csc(N2CCC(CC)(CC)C2)n1. The molecule has 0 saturated carbocycles. The van der Waals surface area contributed by atoms with Gasteiger partial charge in [-0.15, -0.1) is 11.3 Å². The zero-order valence-electron chi connectivity index (χ0n) is 13.4. The Hall–Kier alpha value is -0.610. The smallest absolute Gasteiger partial charge is 0.185 e. The summed E-state index contributed by atoms with van der Waals surface area (Å²) in [5, 5.41) is 6.96. The van der Waals surface area contributed by atoms with Gasteiger partial charge < -0.3 is 10.2 Å². The molecule has 1 aromatic rings. The van der Waals surface area contributed by atoms with Crippen LogP contribution in [0, 0.1) is 5.41 Å². The molecule has 1 unspecified atom stereocenters. The van der Waals surface area contributed by atoms with E-state index in [9.17, 15) is 0 Å². The predicted molar refractivity (Wildman–Crippen MR) is 88.7 cm³/mol. The molecule has 1 fully saturated rings. The molecule has 4 heteroatoms. The minimum absolute atomic E-state index is 0.365. The van der Waals surface area contributed by atoms with E-state index in [2.05, 4.69) is 43.3 Å². The van der Waals surface area contributed by atoms with Crippen molar-refractivity contribution in [3.63, 3.8) is 0 Å². The largest absolute Gasteiger partial charge is 0.348 e. The number of rotatable bonds is 7. The lowest BCUT2D eigenvalue weighted by Crippen LogP contribution is -2.26. The average molecular weight is 295 g/mol. The van der Waals surface area contributed by atoms with Crippen LogP contribution in [-0.2, 0) is 0 Å². The van der Waals surface area contributed by atoms with E-state index in [1.807, 2.05) is 0 Å². The van der Waals surface area contributed by atoms with Crippen molar-refractivity contribution in [1.29, 1.82) is 0 Å². The Morgan fingerprint density at radius 3 is 2.75 bits per heavy atom. The summed E-state index contributed by atoms with van der Waals surface area (Å²) in [6.45, 7) is 12.5. The molecule has 2 heterocycles. The van der Waals surface area contributed by atoms with Crippen molar-refractivity contribution < 1.29 is 0 Å². The first-order valence-corrected chi connectivity index (χ1v) is 8.96. The summed E-state index contributed by atoms with van der Waals surface area (Å²) in [4.78, 5) is 7.35. The molecule has 1 aliphatic rings. The third kappa shape index (κ3) is 3.34. The van der Waals surface area contributed by atoms with Crippen LogP contribution in [0.25, 0.3) is 0 Å². The number of thiazole rings is 1. The summed E-state index contributed by atoms with van der Waals surface area (Å²) in [5.41, 5.74) is 1.72. The molecule has 1 atom stereocenters. The van der Waals surface area contributed by atoms with Crippen molar-refractivity contribution >= 4 is 16.5 Å². The zero-order chi connectivity index (χ0) is 14.6. The Morgan fingerprint density at radius 2 is 2.15 bits per heavy atom. The van der Waals surface area contributed by atoms with Crippen molar-refractivity contribution in [3.8, 4) is 0 Å². The first-order chi connectivity index (χ1) is 9.64. The van der Waals surface area contributed by atoms with E-state index in [0.29, 0.717) is 11.5 Å². The van der Waals surface area contributed by atoms with Crippen molar-refractivity contribution in [2.45, 2.75) is 59.4 Å². The second kappa shape index (κ2) is 6.90. The van der Waals surface area contributed by atoms with Crippen LogP contribution in [0.4, 0.5) is 5.13 Å². The van der Waals surface area contributed by atoms with Gasteiger partial charge in [-0.1, -0.05) is 20.8 Å². The summed E-state index contributed by atoms with van der Waals surface area (Å²) >= 11 is 1.81. The second-order valence-electron chi connectivity index (χ2n) is 6.11. The molecule has 2 rings (SSSR count). The van der Waals surface area contributed by atoms with Gasteiger partial charge in [0.1, 0.15) is 0 Å². The minimum Gasteiger partial charge on any atom is -0.348 e. The number of hydrogen-bond acceptors (Lipinski definition) is 4. The fourth-order valence-corrected chi connectivity index (χ4v) is 3.96. The van der Waals surface area contributed by atoms with E-state index < -0.39 is 0 Å². The molecular weight excluding hydrogens is 266 g/mol. The van der Waals surface area contributed by atoms with E-state index in [0.717, 1.165) is 6.54 Å². The number of nitrogens with one attached hydrogen (secondary N) is 1. The van der Waals surface area contributed by atoms with Crippen LogP contribution in [0.3, 0.4) is 0 Å². The lowest BCUT2D eigenvalue weighted by atomic mass is 9.82. The second-order valence-corrected chi connectivity index (χ2v) is 6.95. The van der Waals surface area contributed by atoms with Gasteiger partial charge in [0.25, 0.3) is 0 Å². The van der Waals surface area contributed by atoms with Crippen molar-refractivity contribution in [2.75, 3.05) is 24.5 Å². The molecule has 1 saturated heterocycles. The van der Waals surface area contributed by atoms with Crippen LogP contribution in [0.1, 0.15) is 65.1 Å². The zero-order valence-corrected chi connectivity index (χ0v) is 14.2. The monoisotopic (exact) mass is 295 g/mol. The van der Waals surface area contributed by atoms with Gasteiger partial charge in [0, 0.05) is 24.5 Å². The highest BCUT2D eigenvalue weighted by Crippen LogP contribution is 2.40. The van der Waals surface area contributed by atoms with Crippen LogP contribution < -0.4 is 10.2 Å². The van der Waals surface area contributed by atoms with E-state index in [1.54, 1.807) is 11.3 Å². The Bertz CT molecular complexity index is 412. The molecule has 1 aliphatic heterocycles. The lowest BCUT2D eigenvalue weighted by molar-refractivity contribution is 0.301. The first-order valence-electron chi connectivity index (χ1n) is 8.08. The Labute approximate surface area is 127 Å². The number of hydrogen-bond donors (Lipinski definition) is 1. The molecular formula is C16H29N3S. The first kappa shape index (κ1) is 15.8. The maximum atomic E-state index is 4.86. The van der Waals surface area contributed by atoms with E-state index in [-0.39, 0.29) is 0 Å². The van der Waals surface area contributed by atoms with Gasteiger partial charge in [-0.3, -0.25) is 0 Å². The van der Waals surface area contributed by atoms with Gasteiger partial charge in [0.05, 0.1) is 5.69 Å². The average Bonchev–Trinajstić information content (AvgIpc) is 3.11. The van der Waals surface area contributed by atoms with Crippen LogP contribution >= 0.6 is 11.3 Å². The van der Waals surface area contributed by atoms with Crippen LogP contribution in [0.15, 0.2) is 5.38 Å². The lowest BCUT2D eigenvalue weighted by Gasteiger charge is -2.26. The van der Waals surface area contributed by atoms with Crippen LogP contribution in [0.5, 0.6) is 0 Å². The molecule has 0 bridgehead atoms. The van der Waals surface area contributed by atoms with Gasteiger partial charge in [-0.2, -0.15) is 0 Å². The van der Waals surface area contributed by atoms with E-state index >= 15 is 0 Å². The quantitative estimate of drug-likeness (QED) is 0.816. The number of nitrogens with zero attached hydrogens (tertiary/aromatic N) is 2. The highest BCUT2D eigenvalue weighted by molar-refractivity contribution is 7.13. The molecule has 114 valence electrons. The highest BCUT2D eigenvalue weighted by atomic mass is 32.1. The highest BCUT2D eigenvalue weighted by Gasteiger charge is 2.36. The third-order valence-corrected chi connectivity index (χ3v) is 5.78. The molecule has 0 amide bonds. The summed E-state index contributed by atoms with van der Waals surface area (Å²) in [6, 6.07) is 0.365. The summed E-state index contributed by atoms with van der Waals surface area (Å²) in [5.74, 6) is 0. The van der Waals surface area contributed by atoms with Gasteiger partial charge in [-0.05, 0) is 44.6 Å². The molecule has 0 aliphatic carbocycles. The summed E-state index contributed by atoms with van der Waals surface area (Å²) in [7, 11) is 0. The molecule has 0 aromatic carbocycles. The van der Waals surface area contributed by atoms with E-state index in [4.69, 9.17) is 4.98 Å². The topological polar surface area (TPSA) is 28.2 Å². The molecule has 20 heavy (non-hydrogen) atoms. The number of aromatic nitrogens is 1. The minimum atomic E-state index is 0.365. The molecule has 3 nitrogen and oxygen atoms in total. The van der Waals surface area contributed by atoms with Crippen LogP contribution in [-0.4, -0.2) is 24.6 Å². The van der Waals surface area contributed by atoms with Crippen LogP contribution in [0.2, 0.25) is 0 Å². The van der Waals surface area contributed by atoms with Gasteiger partial charge in [0.2, 0.25) is 0 Å². The Morgan fingerprint density at radius 1 is 1.40 bits per heavy atom. The number of anilines is 1. The van der Waals surface area contributed by atoms with Crippen molar-refractivity contribution in [1.82, 2.24) is 10.3 Å². The fourth-order valence-electron chi connectivity index (χ4n) is 3.01. The van der Waals surface area contributed by atoms with Gasteiger partial charge in [0.15, 0.2) is 5.13 Å². The summed E-state index contributed by atoms with van der Waals surface area (Å²) < 4.78 is 0. The normalized spacial score (nSPS) is 19.5. The summed E-state index contributed by atoms with van der Waals surface area (Å²) in [6.07, 6.45) is 5.06. The Balaban J connectivity index is 1.99. The van der Waals surface area contributed by atoms with E-state index in [1.165, 1.54) is 49.6 Å². The van der Waals surface area contributed by atoms with Gasteiger partial charge >= 0.3 is 0 Å². The molecule has 0 radical (unpaired) electrons. The predicted octanol–water partition coefficient (Wildman–Crippen LogP) is 4.22. The molecule has 1 N–H and O–H groups in total. The Kier molecular flexibility index (Phi) is 5.44.